The van der Waals surface area contributed by atoms with E-state index in [-0.39, 0.29) is 11.8 Å². The fourth-order valence-corrected chi connectivity index (χ4v) is 6.00. The molecule has 2 fully saturated rings. The molecule has 2 aliphatic carbocycles. The Morgan fingerprint density at radius 3 is 2.43 bits per heavy atom. The Kier molecular flexibility index (Phi) is 4.55. The lowest BCUT2D eigenvalue weighted by Crippen LogP contribution is -2.49. The Morgan fingerprint density at radius 1 is 1.09 bits per heavy atom. The molecule has 2 saturated carbocycles. The fraction of sp³-hybridized carbons (Fsp3) is 0.714. The van der Waals surface area contributed by atoms with Crippen molar-refractivity contribution in [1.29, 1.82) is 0 Å². The molecule has 3 rings (SSSR count). The van der Waals surface area contributed by atoms with Crippen molar-refractivity contribution in [2.75, 3.05) is 0 Å². The highest BCUT2D eigenvalue weighted by molar-refractivity contribution is 5.28. The molecule has 2 heteroatoms. The van der Waals surface area contributed by atoms with Crippen LogP contribution in [0.2, 0.25) is 0 Å². The molecular weight excluding hydrogens is 290 g/mol. The first-order chi connectivity index (χ1) is 10.8. The van der Waals surface area contributed by atoms with Crippen LogP contribution >= 0.6 is 0 Å². The van der Waals surface area contributed by atoms with Gasteiger partial charge in [0.2, 0.25) is 6.43 Å². The van der Waals surface area contributed by atoms with E-state index in [0.717, 1.165) is 6.42 Å². The lowest BCUT2D eigenvalue weighted by atomic mass is 9.48. The van der Waals surface area contributed by atoms with E-state index in [1.54, 1.807) is 0 Å². The summed E-state index contributed by atoms with van der Waals surface area (Å²) >= 11 is 0. The molecule has 0 heterocycles. The van der Waals surface area contributed by atoms with Crippen LogP contribution in [0.15, 0.2) is 30.3 Å². The minimum Gasteiger partial charge on any atom is -0.211 e. The van der Waals surface area contributed by atoms with Crippen LogP contribution in [-0.4, -0.2) is 6.43 Å². The SMILES string of the molecule is CC1CC2(c3ccccc3)CC(CC(C)(C)C2)C1CCC(F)F. The Morgan fingerprint density at radius 2 is 1.78 bits per heavy atom. The lowest BCUT2D eigenvalue weighted by molar-refractivity contribution is -0.0229. The Hall–Kier alpha value is -0.920. The zero-order chi connectivity index (χ0) is 16.7. The third kappa shape index (κ3) is 3.46. The number of halogens is 2. The summed E-state index contributed by atoms with van der Waals surface area (Å²) in [5, 5.41) is 0. The highest BCUT2D eigenvalue weighted by atomic mass is 19.3. The van der Waals surface area contributed by atoms with Crippen molar-refractivity contribution in [3.8, 4) is 0 Å². The van der Waals surface area contributed by atoms with E-state index < -0.39 is 6.43 Å². The summed E-state index contributed by atoms with van der Waals surface area (Å²) in [6, 6.07) is 10.9. The first-order valence-electron chi connectivity index (χ1n) is 9.15. The molecule has 0 spiro atoms. The van der Waals surface area contributed by atoms with Crippen molar-refractivity contribution < 1.29 is 8.78 Å². The molecular formula is C21H30F2. The first-order valence-corrected chi connectivity index (χ1v) is 9.15. The molecule has 23 heavy (non-hydrogen) atoms. The second-order valence-electron chi connectivity index (χ2n) is 8.97. The third-order valence-electron chi connectivity index (χ3n) is 6.44. The maximum absolute atomic E-state index is 12.7. The second kappa shape index (κ2) is 6.18. The molecule has 0 nitrogen and oxygen atoms in total. The summed E-state index contributed by atoms with van der Waals surface area (Å²) in [5.74, 6) is 1.62. The van der Waals surface area contributed by atoms with Crippen molar-refractivity contribution in [2.45, 2.75) is 71.1 Å². The molecule has 0 radical (unpaired) electrons. The van der Waals surface area contributed by atoms with Gasteiger partial charge in [0.05, 0.1) is 0 Å². The minimum absolute atomic E-state index is 0.0737. The molecule has 2 aliphatic rings. The van der Waals surface area contributed by atoms with Gasteiger partial charge in [-0.3, -0.25) is 0 Å². The van der Waals surface area contributed by atoms with E-state index in [2.05, 4.69) is 51.1 Å². The van der Waals surface area contributed by atoms with Crippen molar-refractivity contribution in [3.63, 3.8) is 0 Å². The van der Waals surface area contributed by atoms with Gasteiger partial charge in [-0.1, -0.05) is 51.1 Å². The van der Waals surface area contributed by atoms with Gasteiger partial charge in [-0.25, -0.2) is 8.78 Å². The molecule has 0 N–H and O–H groups in total. The van der Waals surface area contributed by atoms with Crippen molar-refractivity contribution in [1.82, 2.24) is 0 Å². The molecule has 0 aliphatic heterocycles. The predicted molar refractivity (Wildman–Crippen MR) is 91.8 cm³/mol. The average molecular weight is 320 g/mol. The van der Waals surface area contributed by atoms with Gasteiger partial charge < -0.3 is 0 Å². The molecule has 2 bridgehead atoms. The van der Waals surface area contributed by atoms with E-state index in [4.69, 9.17) is 0 Å². The molecule has 0 aromatic heterocycles. The van der Waals surface area contributed by atoms with E-state index in [1.165, 1.54) is 24.8 Å². The van der Waals surface area contributed by atoms with Crippen LogP contribution in [0.4, 0.5) is 8.78 Å². The molecule has 1 aromatic rings. The van der Waals surface area contributed by atoms with E-state index in [9.17, 15) is 8.78 Å². The Labute approximate surface area is 139 Å². The van der Waals surface area contributed by atoms with Gasteiger partial charge in [0.1, 0.15) is 0 Å². The van der Waals surface area contributed by atoms with Gasteiger partial charge >= 0.3 is 0 Å². The van der Waals surface area contributed by atoms with Gasteiger partial charge in [0, 0.05) is 6.42 Å². The summed E-state index contributed by atoms with van der Waals surface area (Å²) in [7, 11) is 0. The molecule has 4 unspecified atom stereocenters. The molecule has 128 valence electrons. The van der Waals surface area contributed by atoms with E-state index in [1.807, 2.05) is 0 Å². The topological polar surface area (TPSA) is 0 Å². The summed E-state index contributed by atoms with van der Waals surface area (Å²) in [6.07, 6.45) is 3.39. The van der Waals surface area contributed by atoms with Crippen molar-refractivity contribution >= 4 is 0 Å². The molecule has 1 aromatic carbocycles. The van der Waals surface area contributed by atoms with Crippen molar-refractivity contribution in [3.05, 3.63) is 35.9 Å². The quantitative estimate of drug-likeness (QED) is 0.598. The summed E-state index contributed by atoms with van der Waals surface area (Å²) in [6.45, 7) is 7.05. The van der Waals surface area contributed by atoms with Crippen LogP contribution in [0.3, 0.4) is 0 Å². The largest absolute Gasteiger partial charge is 0.238 e. The second-order valence-corrected chi connectivity index (χ2v) is 8.97. The predicted octanol–water partition coefficient (Wildman–Crippen LogP) is 6.45. The number of rotatable bonds is 4. The molecule has 0 amide bonds. The van der Waals surface area contributed by atoms with Gasteiger partial charge in [-0.15, -0.1) is 0 Å². The Balaban J connectivity index is 1.89. The molecule has 4 atom stereocenters. The van der Waals surface area contributed by atoms with Crippen LogP contribution < -0.4 is 0 Å². The van der Waals surface area contributed by atoms with Crippen LogP contribution in [0.1, 0.15) is 64.9 Å². The standard InChI is InChI=1S/C21H30F2/c1-15-11-21(17-7-5-4-6-8-17)13-16(12-20(2,3)14-21)18(15)9-10-19(22)23/h4-8,15-16,18-19H,9-14H2,1-3H3. The third-order valence-corrected chi connectivity index (χ3v) is 6.44. The summed E-state index contributed by atoms with van der Waals surface area (Å²) in [4.78, 5) is 0. The zero-order valence-electron chi connectivity index (χ0n) is 14.7. The van der Waals surface area contributed by atoms with Crippen LogP contribution in [0.5, 0.6) is 0 Å². The van der Waals surface area contributed by atoms with E-state index in [0.29, 0.717) is 29.6 Å². The van der Waals surface area contributed by atoms with Crippen molar-refractivity contribution in [2.24, 2.45) is 23.2 Å². The smallest absolute Gasteiger partial charge is 0.211 e. The highest BCUT2D eigenvalue weighted by Crippen LogP contribution is 2.60. The van der Waals surface area contributed by atoms with Gasteiger partial charge in [0.25, 0.3) is 0 Å². The summed E-state index contributed by atoms with van der Waals surface area (Å²) < 4.78 is 25.5. The van der Waals surface area contributed by atoms with Crippen LogP contribution in [0, 0.1) is 23.2 Å². The summed E-state index contributed by atoms with van der Waals surface area (Å²) in [5.41, 5.74) is 2.04. The van der Waals surface area contributed by atoms with Crippen LogP contribution in [-0.2, 0) is 5.41 Å². The fourth-order valence-electron chi connectivity index (χ4n) is 6.00. The number of alkyl halides is 2. The zero-order valence-corrected chi connectivity index (χ0v) is 14.7. The number of benzene rings is 1. The van der Waals surface area contributed by atoms with E-state index >= 15 is 0 Å². The van der Waals surface area contributed by atoms with Gasteiger partial charge in [0.15, 0.2) is 0 Å². The van der Waals surface area contributed by atoms with Gasteiger partial charge in [-0.2, -0.15) is 0 Å². The first kappa shape index (κ1) is 16.9. The average Bonchev–Trinajstić information content (AvgIpc) is 2.45. The maximum Gasteiger partial charge on any atom is 0.238 e. The number of hydrogen-bond acceptors (Lipinski definition) is 0. The number of hydrogen-bond donors (Lipinski definition) is 0. The lowest BCUT2D eigenvalue weighted by Gasteiger charge is -2.57. The maximum atomic E-state index is 12.7. The number of fused-ring (bicyclic) bond motifs is 2. The van der Waals surface area contributed by atoms with Gasteiger partial charge in [-0.05, 0) is 66.3 Å². The minimum atomic E-state index is -2.15. The highest BCUT2D eigenvalue weighted by Gasteiger charge is 2.52. The molecule has 0 saturated heterocycles. The monoisotopic (exact) mass is 320 g/mol. The normalized spacial score (nSPS) is 36.2. The Bertz CT molecular complexity index is 518. The van der Waals surface area contributed by atoms with Crippen LogP contribution in [0.25, 0.3) is 0 Å².